The van der Waals surface area contributed by atoms with Crippen LogP contribution in [0.4, 0.5) is 17.6 Å². The number of hydrogen-bond donors (Lipinski definition) is 0. The summed E-state index contributed by atoms with van der Waals surface area (Å²) < 4.78 is 51.2. The van der Waals surface area contributed by atoms with Gasteiger partial charge in [0, 0.05) is 11.8 Å². The van der Waals surface area contributed by atoms with Gasteiger partial charge in [-0.2, -0.15) is 0 Å². The number of rotatable bonds is 4. The van der Waals surface area contributed by atoms with Crippen LogP contribution in [0.25, 0.3) is 0 Å². The van der Waals surface area contributed by atoms with E-state index >= 15 is 0 Å². The molecule has 0 radical (unpaired) electrons. The number of Topliss-reactive ketones (excluding diaryl/α,β-unsaturated/α-hetero) is 2. The second-order valence-electron chi connectivity index (χ2n) is 5.19. The van der Waals surface area contributed by atoms with Crippen LogP contribution in [0.5, 0.6) is 0 Å². The van der Waals surface area contributed by atoms with E-state index in [0.29, 0.717) is 6.42 Å². The number of benzene rings is 2. The second kappa shape index (κ2) is 13.2. The van der Waals surface area contributed by atoms with E-state index in [0.717, 1.165) is 36.5 Å². The molecule has 7 heteroatoms. The molecule has 0 aliphatic carbocycles. The third kappa shape index (κ3) is 8.47. The van der Waals surface area contributed by atoms with E-state index < -0.39 is 46.0 Å². The van der Waals surface area contributed by atoms with Crippen LogP contribution in [0, 0.1) is 23.3 Å². The van der Waals surface area contributed by atoms with E-state index in [4.69, 9.17) is 0 Å². The van der Waals surface area contributed by atoms with Crippen LogP contribution >= 0.6 is 15.9 Å². The fraction of sp³-hybridized carbons (Fsp3) is 0.300. The summed E-state index contributed by atoms with van der Waals surface area (Å²) in [6, 6.07) is 6.75. The maximum atomic E-state index is 13.0. The number of alkyl halides is 1. The van der Waals surface area contributed by atoms with E-state index in [1.54, 1.807) is 6.92 Å². The Kier molecular flexibility index (Phi) is 12.2. The van der Waals surface area contributed by atoms with Crippen LogP contribution in [0.15, 0.2) is 36.4 Å². The van der Waals surface area contributed by atoms with Gasteiger partial charge in [-0.05, 0) is 37.6 Å². The Balaban J connectivity index is 0.000000442. The van der Waals surface area contributed by atoms with E-state index in [-0.39, 0.29) is 6.42 Å². The maximum Gasteiger partial charge on any atom is 0.168 e. The number of hydrogen-bond acceptors (Lipinski definition) is 2. The second-order valence-corrected chi connectivity index (χ2v) is 6.31. The molecule has 0 saturated carbocycles. The summed E-state index contributed by atoms with van der Waals surface area (Å²) in [6.45, 7) is 4.96. The molecule has 0 spiro atoms. The molecular formula is C20H21BrF4O2. The maximum absolute atomic E-state index is 13.0. The molecule has 0 N–H and O–H groups in total. The highest BCUT2D eigenvalue weighted by Crippen LogP contribution is 2.14. The topological polar surface area (TPSA) is 34.1 Å². The predicted octanol–water partition coefficient (Wildman–Crippen LogP) is 6.52. The summed E-state index contributed by atoms with van der Waals surface area (Å²) in [7, 11) is 0. The molecule has 2 aromatic carbocycles. The SMILES string of the molecule is CC(=O)c1c(F)cccc1F.CCBr.CCCC(=O)c1c(F)cccc1F. The molecule has 2 rings (SSSR count). The Bertz CT molecular complexity index is 723. The Morgan fingerprint density at radius 1 is 0.815 bits per heavy atom. The average molecular weight is 449 g/mol. The van der Waals surface area contributed by atoms with Gasteiger partial charge in [-0.25, -0.2) is 17.6 Å². The first-order valence-corrected chi connectivity index (χ1v) is 9.31. The lowest BCUT2D eigenvalue weighted by Crippen LogP contribution is -2.04. The lowest BCUT2D eigenvalue weighted by Gasteiger charge is -2.01. The zero-order chi connectivity index (χ0) is 21.0. The predicted molar refractivity (Wildman–Crippen MR) is 101 cm³/mol. The molecule has 148 valence electrons. The van der Waals surface area contributed by atoms with Crippen molar-refractivity contribution in [2.24, 2.45) is 0 Å². The van der Waals surface area contributed by atoms with E-state index in [2.05, 4.69) is 15.9 Å². The molecular weight excluding hydrogens is 428 g/mol. The molecule has 0 aromatic heterocycles. The van der Waals surface area contributed by atoms with Crippen molar-refractivity contribution in [3.8, 4) is 0 Å². The fourth-order valence-corrected chi connectivity index (χ4v) is 1.95. The monoisotopic (exact) mass is 448 g/mol. The Morgan fingerprint density at radius 2 is 1.15 bits per heavy atom. The van der Waals surface area contributed by atoms with Crippen molar-refractivity contribution in [2.45, 2.75) is 33.6 Å². The normalized spacial score (nSPS) is 9.48. The number of ketones is 2. The van der Waals surface area contributed by atoms with Gasteiger partial charge >= 0.3 is 0 Å². The molecule has 0 amide bonds. The quantitative estimate of drug-likeness (QED) is 0.303. The lowest BCUT2D eigenvalue weighted by atomic mass is 10.1. The Hall–Kier alpha value is -2.02. The van der Waals surface area contributed by atoms with Crippen LogP contribution < -0.4 is 0 Å². The minimum Gasteiger partial charge on any atom is -0.294 e. The van der Waals surface area contributed by atoms with Crippen LogP contribution in [0.2, 0.25) is 0 Å². The van der Waals surface area contributed by atoms with E-state index in [9.17, 15) is 27.2 Å². The van der Waals surface area contributed by atoms with Gasteiger partial charge in [-0.1, -0.05) is 41.9 Å². The van der Waals surface area contributed by atoms with Crippen molar-refractivity contribution in [3.05, 3.63) is 70.8 Å². The first-order valence-electron chi connectivity index (χ1n) is 8.19. The smallest absolute Gasteiger partial charge is 0.168 e. The van der Waals surface area contributed by atoms with Gasteiger partial charge in [0.25, 0.3) is 0 Å². The number of carbonyl (C=O) groups excluding carboxylic acids is 2. The molecule has 27 heavy (non-hydrogen) atoms. The van der Waals surface area contributed by atoms with Gasteiger partial charge in [0.2, 0.25) is 0 Å². The Labute approximate surface area is 164 Å². The summed E-state index contributed by atoms with van der Waals surface area (Å²) in [5.41, 5.74) is -0.878. The summed E-state index contributed by atoms with van der Waals surface area (Å²) in [5, 5.41) is 1.06. The number of carbonyl (C=O) groups is 2. The third-order valence-corrected chi connectivity index (χ3v) is 3.03. The van der Waals surface area contributed by atoms with E-state index in [1.807, 2.05) is 6.92 Å². The highest BCUT2D eigenvalue weighted by atomic mass is 79.9. The molecule has 0 heterocycles. The first kappa shape index (κ1) is 25.0. The van der Waals surface area contributed by atoms with Gasteiger partial charge in [0.05, 0.1) is 11.1 Å². The largest absolute Gasteiger partial charge is 0.294 e. The van der Waals surface area contributed by atoms with Crippen molar-refractivity contribution in [3.63, 3.8) is 0 Å². The van der Waals surface area contributed by atoms with Crippen molar-refractivity contribution in [1.82, 2.24) is 0 Å². The average Bonchev–Trinajstić information content (AvgIpc) is 2.56. The standard InChI is InChI=1S/C10H10F2O.C8H6F2O.C2H5Br/c1-2-4-9(13)10-7(11)5-3-6-8(10)12;1-5(11)8-6(9)3-2-4-7(8)10;1-2-3/h3,5-6H,2,4H2,1H3;2-4H,1H3;2H2,1H3. The van der Waals surface area contributed by atoms with Gasteiger partial charge in [0.15, 0.2) is 11.6 Å². The summed E-state index contributed by atoms with van der Waals surface area (Å²) in [5.74, 6) is -4.24. The van der Waals surface area contributed by atoms with Crippen molar-refractivity contribution >= 4 is 27.5 Å². The van der Waals surface area contributed by atoms with Crippen molar-refractivity contribution in [1.29, 1.82) is 0 Å². The van der Waals surface area contributed by atoms with E-state index in [1.165, 1.54) is 12.1 Å². The minimum absolute atomic E-state index is 0.178. The fourth-order valence-electron chi connectivity index (χ4n) is 1.95. The van der Waals surface area contributed by atoms with Gasteiger partial charge in [-0.3, -0.25) is 9.59 Å². The Morgan fingerprint density at radius 3 is 1.41 bits per heavy atom. The first-order chi connectivity index (χ1) is 12.7. The van der Waals surface area contributed by atoms with Crippen LogP contribution in [0.3, 0.4) is 0 Å². The summed E-state index contributed by atoms with van der Waals surface area (Å²) in [4.78, 5) is 21.8. The molecule has 0 fully saturated rings. The molecule has 0 atom stereocenters. The minimum atomic E-state index is -0.808. The summed E-state index contributed by atoms with van der Waals surface area (Å²) in [6.07, 6.45) is 0.768. The van der Waals surface area contributed by atoms with Gasteiger partial charge < -0.3 is 0 Å². The van der Waals surface area contributed by atoms with Crippen LogP contribution in [-0.4, -0.2) is 16.9 Å². The van der Waals surface area contributed by atoms with Crippen molar-refractivity contribution < 1.29 is 27.2 Å². The van der Waals surface area contributed by atoms with Crippen LogP contribution in [-0.2, 0) is 0 Å². The zero-order valence-electron chi connectivity index (χ0n) is 15.3. The molecule has 0 aliphatic heterocycles. The molecule has 2 aromatic rings. The lowest BCUT2D eigenvalue weighted by molar-refractivity contribution is 0.0971. The third-order valence-electron chi connectivity index (χ3n) is 3.03. The molecule has 0 unspecified atom stereocenters. The molecule has 2 nitrogen and oxygen atoms in total. The zero-order valence-corrected chi connectivity index (χ0v) is 16.9. The van der Waals surface area contributed by atoms with Gasteiger partial charge in [-0.15, -0.1) is 0 Å². The van der Waals surface area contributed by atoms with Gasteiger partial charge in [0.1, 0.15) is 23.3 Å². The summed E-state index contributed by atoms with van der Waals surface area (Å²) >= 11 is 3.15. The molecule has 0 aliphatic rings. The molecule has 0 bridgehead atoms. The van der Waals surface area contributed by atoms with Crippen LogP contribution in [0.1, 0.15) is 54.3 Å². The van der Waals surface area contributed by atoms with Crippen molar-refractivity contribution in [2.75, 3.05) is 5.33 Å². The highest BCUT2D eigenvalue weighted by molar-refractivity contribution is 9.09. The molecule has 0 saturated heterocycles. The number of halogens is 5. The highest BCUT2D eigenvalue weighted by Gasteiger charge is 2.15.